The molecule has 0 saturated heterocycles. The summed E-state index contributed by atoms with van der Waals surface area (Å²) in [5.41, 5.74) is 12.6. The van der Waals surface area contributed by atoms with E-state index in [-0.39, 0.29) is 46.1 Å². The largest absolute Gasteiger partial charge is 0.573 e. The first-order valence-corrected chi connectivity index (χ1v) is 9.83. The minimum atomic E-state index is -4.85. The average Bonchev–Trinajstić information content (AvgIpc) is 3.18. The third-order valence-electron chi connectivity index (χ3n) is 4.46. The van der Waals surface area contributed by atoms with Crippen molar-refractivity contribution in [3.63, 3.8) is 0 Å². The Morgan fingerprint density at radius 2 is 1.82 bits per heavy atom. The molecule has 176 valence electrons. The van der Waals surface area contributed by atoms with Gasteiger partial charge in [-0.25, -0.2) is 4.98 Å². The number of H-pyrrole nitrogens is 1. The van der Waals surface area contributed by atoms with Crippen molar-refractivity contribution in [2.45, 2.75) is 19.7 Å². The lowest BCUT2D eigenvalue weighted by atomic mass is 10.2. The highest BCUT2D eigenvalue weighted by molar-refractivity contribution is 5.95. The molecule has 0 aliphatic carbocycles. The van der Waals surface area contributed by atoms with Crippen LogP contribution in [0.3, 0.4) is 0 Å². The molecule has 10 nitrogen and oxygen atoms in total. The lowest BCUT2D eigenvalue weighted by Gasteiger charge is -2.12. The standard InChI is InChI=1S/C21H18F3N7O3/c1-2-15-28-16-18(29-15)30-20(33-14-8-10(17(26)27)6-7-13(14)25)31-19(16)32-11-4-3-5-12(9-11)34-21(22,23)24/h3-9H,2,25H2,1H3,(H3,26,27)(H,28,29,30,31). The Labute approximate surface area is 190 Å². The Balaban J connectivity index is 1.73. The number of nitrogens with one attached hydrogen (secondary N) is 2. The van der Waals surface area contributed by atoms with E-state index in [1.54, 1.807) is 6.07 Å². The minimum absolute atomic E-state index is 0.0202. The second-order valence-corrected chi connectivity index (χ2v) is 6.94. The fourth-order valence-corrected chi connectivity index (χ4v) is 2.92. The molecule has 4 aromatic rings. The van der Waals surface area contributed by atoms with Gasteiger partial charge in [-0.2, -0.15) is 9.97 Å². The molecule has 0 unspecified atom stereocenters. The van der Waals surface area contributed by atoms with Gasteiger partial charge >= 0.3 is 12.4 Å². The van der Waals surface area contributed by atoms with Crippen LogP contribution in [0.25, 0.3) is 11.2 Å². The van der Waals surface area contributed by atoms with E-state index in [0.717, 1.165) is 12.1 Å². The van der Waals surface area contributed by atoms with Crippen LogP contribution in [0.1, 0.15) is 18.3 Å². The third kappa shape index (κ3) is 5.09. The molecule has 2 aromatic carbocycles. The molecular formula is C21H18F3N7O3. The van der Waals surface area contributed by atoms with Gasteiger partial charge in [-0.15, -0.1) is 13.2 Å². The van der Waals surface area contributed by atoms with Crippen molar-refractivity contribution >= 4 is 22.7 Å². The molecule has 0 atom stereocenters. The summed E-state index contributed by atoms with van der Waals surface area (Å²) in [5.74, 6) is 0.0322. The molecular weight excluding hydrogens is 455 g/mol. The van der Waals surface area contributed by atoms with Crippen LogP contribution in [0.4, 0.5) is 18.9 Å². The number of fused-ring (bicyclic) bond motifs is 1. The van der Waals surface area contributed by atoms with E-state index >= 15 is 0 Å². The fraction of sp³-hybridized carbons (Fsp3) is 0.143. The molecule has 0 fully saturated rings. The van der Waals surface area contributed by atoms with Crippen molar-refractivity contribution in [3.8, 4) is 29.1 Å². The van der Waals surface area contributed by atoms with Crippen molar-refractivity contribution in [3.05, 3.63) is 53.9 Å². The van der Waals surface area contributed by atoms with E-state index in [9.17, 15) is 13.2 Å². The summed E-state index contributed by atoms with van der Waals surface area (Å²) in [4.78, 5) is 15.9. The molecule has 0 saturated carbocycles. The fourth-order valence-electron chi connectivity index (χ4n) is 2.92. The number of ether oxygens (including phenoxy) is 3. The van der Waals surface area contributed by atoms with Gasteiger partial charge in [0.25, 0.3) is 5.88 Å². The van der Waals surface area contributed by atoms with Gasteiger partial charge in [-0.1, -0.05) is 13.0 Å². The Morgan fingerprint density at radius 1 is 1.06 bits per heavy atom. The number of imidazole rings is 1. The highest BCUT2D eigenvalue weighted by atomic mass is 19.4. The Kier molecular flexibility index (Phi) is 5.84. The SMILES string of the molecule is CCc1nc2c(Oc3cccc(OC(F)(F)F)c3)nc(Oc3cc(C(=N)N)ccc3N)nc2[nH]1. The summed E-state index contributed by atoms with van der Waals surface area (Å²) >= 11 is 0. The molecule has 0 amide bonds. The molecule has 13 heteroatoms. The number of aromatic amines is 1. The highest BCUT2D eigenvalue weighted by Crippen LogP contribution is 2.33. The minimum Gasteiger partial charge on any atom is -0.437 e. The molecule has 2 aromatic heterocycles. The summed E-state index contributed by atoms with van der Waals surface area (Å²) in [6.45, 7) is 1.87. The van der Waals surface area contributed by atoms with Crippen LogP contribution in [-0.2, 0) is 6.42 Å². The van der Waals surface area contributed by atoms with E-state index in [2.05, 4.69) is 24.7 Å². The first-order chi connectivity index (χ1) is 16.1. The first-order valence-electron chi connectivity index (χ1n) is 9.83. The second-order valence-electron chi connectivity index (χ2n) is 6.94. The predicted molar refractivity (Wildman–Crippen MR) is 116 cm³/mol. The lowest BCUT2D eigenvalue weighted by molar-refractivity contribution is -0.274. The molecule has 34 heavy (non-hydrogen) atoms. The number of alkyl halides is 3. The quantitative estimate of drug-likeness (QED) is 0.176. The van der Waals surface area contributed by atoms with Gasteiger partial charge < -0.3 is 30.7 Å². The number of amidine groups is 1. The maximum atomic E-state index is 12.6. The maximum Gasteiger partial charge on any atom is 0.573 e. The summed E-state index contributed by atoms with van der Waals surface area (Å²) in [5, 5.41) is 7.58. The lowest BCUT2D eigenvalue weighted by Crippen LogP contribution is -2.17. The van der Waals surface area contributed by atoms with E-state index in [4.69, 9.17) is 26.4 Å². The number of halogens is 3. The van der Waals surface area contributed by atoms with Crippen molar-refractivity contribution in [1.29, 1.82) is 5.41 Å². The summed E-state index contributed by atoms with van der Waals surface area (Å²) < 4.78 is 53.1. The highest BCUT2D eigenvalue weighted by Gasteiger charge is 2.31. The van der Waals surface area contributed by atoms with E-state index < -0.39 is 12.1 Å². The zero-order valence-corrected chi connectivity index (χ0v) is 17.6. The number of nitrogens with zero attached hydrogens (tertiary/aromatic N) is 3. The topological polar surface area (TPSA) is 158 Å². The number of hydrogen-bond acceptors (Lipinski definition) is 8. The number of rotatable bonds is 7. The van der Waals surface area contributed by atoms with Gasteiger partial charge in [-0.05, 0) is 30.3 Å². The van der Waals surface area contributed by atoms with Crippen LogP contribution >= 0.6 is 0 Å². The normalized spacial score (nSPS) is 11.4. The summed E-state index contributed by atoms with van der Waals surface area (Å²) in [6.07, 6.45) is -4.30. The van der Waals surface area contributed by atoms with E-state index in [1.807, 2.05) is 6.92 Å². The zero-order valence-electron chi connectivity index (χ0n) is 17.6. The number of aryl methyl sites for hydroxylation is 1. The van der Waals surface area contributed by atoms with Gasteiger partial charge in [0, 0.05) is 18.1 Å². The summed E-state index contributed by atoms with van der Waals surface area (Å²) in [6, 6.07) is 9.31. The smallest absolute Gasteiger partial charge is 0.437 e. The average molecular weight is 473 g/mol. The zero-order chi connectivity index (χ0) is 24.5. The van der Waals surface area contributed by atoms with Gasteiger partial charge in [0.15, 0.2) is 16.9 Å². The Bertz CT molecular complexity index is 1370. The molecule has 2 heterocycles. The number of aromatic nitrogens is 4. The summed E-state index contributed by atoms with van der Waals surface area (Å²) in [7, 11) is 0. The third-order valence-corrected chi connectivity index (χ3v) is 4.46. The van der Waals surface area contributed by atoms with Crippen LogP contribution in [-0.4, -0.2) is 32.1 Å². The predicted octanol–water partition coefficient (Wildman–Crippen LogP) is 4.26. The monoisotopic (exact) mass is 473 g/mol. The number of nitrogen functional groups attached to an aromatic ring is 2. The maximum absolute atomic E-state index is 12.6. The number of nitrogens with two attached hydrogens (primary N) is 2. The van der Waals surface area contributed by atoms with Gasteiger partial charge in [0.05, 0.1) is 5.69 Å². The van der Waals surface area contributed by atoms with Crippen LogP contribution in [0.5, 0.6) is 29.1 Å². The molecule has 0 aliphatic heterocycles. The second kappa shape index (κ2) is 8.77. The van der Waals surface area contributed by atoms with Gasteiger partial charge in [0.2, 0.25) is 0 Å². The molecule has 4 rings (SSSR count). The van der Waals surface area contributed by atoms with Crippen LogP contribution in [0.2, 0.25) is 0 Å². The number of hydrogen-bond donors (Lipinski definition) is 4. The van der Waals surface area contributed by atoms with E-state index in [1.165, 1.54) is 24.3 Å². The molecule has 0 bridgehead atoms. The van der Waals surface area contributed by atoms with Crippen LogP contribution < -0.4 is 25.7 Å². The van der Waals surface area contributed by atoms with E-state index in [0.29, 0.717) is 17.8 Å². The Morgan fingerprint density at radius 3 is 2.53 bits per heavy atom. The van der Waals surface area contributed by atoms with Crippen molar-refractivity contribution in [2.24, 2.45) is 5.73 Å². The van der Waals surface area contributed by atoms with Crippen molar-refractivity contribution in [2.75, 3.05) is 5.73 Å². The van der Waals surface area contributed by atoms with Gasteiger partial charge in [-0.3, -0.25) is 5.41 Å². The Hall–Kier alpha value is -4.55. The van der Waals surface area contributed by atoms with Gasteiger partial charge in [0.1, 0.15) is 23.2 Å². The number of anilines is 1. The molecule has 0 spiro atoms. The van der Waals surface area contributed by atoms with Crippen LogP contribution in [0.15, 0.2) is 42.5 Å². The molecule has 0 radical (unpaired) electrons. The van der Waals surface area contributed by atoms with Crippen molar-refractivity contribution in [1.82, 2.24) is 19.9 Å². The van der Waals surface area contributed by atoms with Crippen molar-refractivity contribution < 1.29 is 27.4 Å². The molecule has 6 N–H and O–H groups in total. The number of benzene rings is 2. The molecule has 0 aliphatic rings. The van der Waals surface area contributed by atoms with Crippen LogP contribution in [0, 0.1) is 5.41 Å². The first kappa shape index (κ1) is 22.6.